The lowest BCUT2D eigenvalue weighted by Crippen LogP contribution is -2.49. The summed E-state index contributed by atoms with van der Waals surface area (Å²) < 4.78 is 5.93. The Hall–Kier alpha value is -2.34. The molecule has 2 atom stereocenters. The molecule has 27 heavy (non-hydrogen) atoms. The molecule has 144 valence electrons. The molecule has 0 N–H and O–H groups in total. The Morgan fingerprint density at radius 2 is 1.85 bits per heavy atom. The fourth-order valence-electron chi connectivity index (χ4n) is 4.36. The quantitative estimate of drug-likeness (QED) is 0.782. The van der Waals surface area contributed by atoms with E-state index in [1.165, 1.54) is 19.4 Å². The van der Waals surface area contributed by atoms with Crippen LogP contribution < -0.4 is 14.5 Å². The van der Waals surface area contributed by atoms with Crippen LogP contribution in [0, 0.1) is 5.92 Å². The summed E-state index contributed by atoms with van der Waals surface area (Å²) in [6.45, 7) is 4.97. The highest BCUT2D eigenvalue weighted by atomic mass is 16.5. The highest BCUT2D eigenvalue weighted by Crippen LogP contribution is 2.34. The average Bonchev–Trinajstić information content (AvgIpc) is 3.11. The van der Waals surface area contributed by atoms with Crippen LogP contribution >= 0.6 is 0 Å². The van der Waals surface area contributed by atoms with Gasteiger partial charge in [0.15, 0.2) is 11.6 Å². The minimum absolute atomic E-state index is 0.579. The number of aromatic nitrogens is 2. The minimum Gasteiger partial charge on any atom is -0.492 e. The molecule has 2 aromatic rings. The van der Waals surface area contributed by atoms with E-state index in [9.17, 15) is 0 Å². The second kappa shape index (κ2) is 8.13. The number of anilines is 2. The summed E-state index contributed by atoms with van der Waals surface area (Å²) in [5, 5.41) is 0. The van der Waals surface area contributed by atoms with Crippen molar-refractivity contribution in [1.29, 1.82) is 0 Å². The monoisotopic (exact) mass is 367 g/mol. The molecule has 2 saturated heterocycles. The number of ether oxygens (including phenoxy) is 1. The predicted molar refractivity (Wildman–Crippen MR) is 109 cm³/mol. The van der Waals surface area contributed by atoms with Crippen LogP contribution in [0.4, 0.5) is 11.6 Å². The molecule has 0 saturated carbocycles. The van der Waals surface area contributed by atoms with Crippen LogP contribution in [0.3, 0.4) is 0 Å². The van der Waals surface area contributed by atoms with Crippen molar-refractivity contribution in [3.05, 3.63) is 42.7 Å². The molecule has 1 aromatic carbocycles. The van der Waals surface area contributed by atoms with Crippen LogP contribution in [0.5, 0.6) is 5.75 Å². The molecule has 2 unspecified atom stereocenters. The molecule has 2 aliphatic rings. The summed E-state index contributed by atoms with van der Waals surface area (Å²) in [5.74, 6) is 3.70. The van der Waals surface area contributed by atoms with E-state index in [1.54, 1.807) is 12.4 Å². The predicted octanol–water partition coefficient (Wildman–Crippen LogP) is 2.52. The van der Waals surface area contributed by atoms with Gasteiger partial charge in [-0.25, -0.2) is 9.97 Å². The number of rotatable bonds is 6. The SMILES string of the molecule is CN(C)c1nccnc1N1CCC2CCN(CCOc3ccccc3)C2C1. The maximum Gasteiger partial charge on any atom is 0.172 e. The molecular formula is C21H29N5O. The Labute approximate surface area is 161 Å². The van der Waals surface area contributed by atoms with Crippen LogP contribution in [0.15, 0.2) is 42.7 Å². The highest BCUT2D eigenvalue weighted by molar-refractivity contribution is 5.61. The molecule has 6 nitrogen and oxygen atoms in total. The zero-order chi connectivity index (χ0) is 18.6. The van der Waals surface area contributed by atoms with Gasteiger partial charge in [0.05, 0.1) is 0 Å². The first-order valence-corrected chi connectivity index (χ1v) is 9.87. The number of likely N-dealkylation sites (tertiary alicyclic amines) is 1. The molecule has 3 heterocycles. The maximum atomic E-state index is 5.93. The first kappa shape index (κ1) is 18.0. The number of para-hydroxylation sites is 1. The molecule has 0 spiro atoms. The van der Waals surface area contributed by atoms with E-state index >= 15 is 0 Å². The molecule has 2 fully saturated rings. The molecule has 1 aromatic heterocycles. The van der Waals surface area contributed by atoms with Gasteiger partial charge >= 0.3 is 0 Å². The summed E-state index contributed by atoms with van der Waals surface area (Å²) in [7, 11) is 4.06. The number of piperidine rings is 1. The van der Waals surface area contributed by atoms with Gasteiger partial charge in [-0.15, -0.1) is 0 Å². The Bertz CT molecular complexity index is 738. The van der Waals surface area contributed by atoms with Crippen molar-refractivity contribution in [3.8, 4) is 5.75 Å². The topological polar surface area (TPSA) is 44.7 Å². The van der Waals surface area contributed by atoms with E-state index in [-0.39, 0.29) is 0 Å². The van der Waals surface area contributed by atoms with Crippen molar-refractivity contribution in [1.82, 2.24) is 14.9 Å². The standard InChI is InChI=1S/C21H29N5O/c1-24(2)20-21(23-11-10-22-20)26-13-9-17-8-12-25(19(17)16-26)14-15-27-18-6-4-3-5-7-18/h3-7,10-11,17,19H,8-9,12-16H2,1-2H3. The van der Waals surface area contributed by atoms with Gasteiger partial charge in [0.25, 0.3) is 0 Å². The normalized spacial score (nSPS) is 22.5. The molecule has 4 rings (SSSR count). The number of hydrogen-bond acceptors (Lipinski definition) is 6. The summed E-state index contributed by atoms with van der Waals surface area (Å²) >= 11 is 0. The zero-order valence-electron chi connectivity index (χ0n) is 16.3. The zero-order valence-corrected chi connectivity index (χ0v) is 16.3. The summed E-state index contributed by atoms with van der Waals surface area (Å²) in [6.07, 6.45) is 6.10. The Kier molecular flexibility index (Phi) is 5.43. The van der Waals surface area contributed by atoms with Gasteiger partial charge < -0.3 is 14.5 Å². The van der Waals surface area contributed by atoms with Crippen molar-refractivity contribution in [3.63, 3.8) is 0 Å². The molecule has 0 radical (unpaired) electrons. The first-order valence-electron chi connectivity index (χ1n) is 9.87. The lowest BCUT2D eigenvalue weighted by Gasteiger charge is -2.39. The van der Waals surface area contributed by atoms with Crippen molar-refractivity contribution in [2.75, 3.05) is 56.7 Å². The van der Waals surface area contributed by atoms with Gasteiger partial charge in [-0.3, -0.25) is 4.90 Å². The first-order chi connectivity index (χ1) is 13.2. The van der Waals surface area contributed by atoms with Gasteiger partial charge in [0.1, 0.15) is 12.4 Å². The smallest absolute Gasteiger partial charge is 0.172 e. The largest absolute Gasteiger partial charge is 0.492 e. The molecular weight excluding hydrogens is 338 g/mol. The van der Waals surface area contributed by atoms with Crippen LogP contribution in [0.2, 0.25) is 0 Å². The van der Waals surface area contributed by atoms with Crippen LogP contribution in [-0.2, 0) is 0 Å². The van der Waals surface area contributed by atoms with Gasteiger partial charge in [-0.1, -0.05) is 18.2 Å². The third-order valence-electron chi connectivity index (χ3n) is 5.75. The van der Waals surface area contributed by atoms with E-state index in [4.69, 9.17) is 4.74 Å². The Morgan fingerprint density at radius 3 is 2.67 bits per heavy atom. The molecule has 0 amide bonds. The van der Waals surface area contributed by atoms with Crippen LogP contribution in [0.25, 0.3) is 0 Å². The van der Waals surface area contributed by atoms with Gasteiger partial charge in [0.2, 0.25) is 0 Å². The molecule has 6 heteroatoms. The lowest BCUT2D eigenvalue weighted by molar-refractivity contribution is 0.171. The van der Waals surface area contributed by atoms with Crippen molar-refractivity contribution >= 4 is 11.6 Å². The van der Waals surface area contributed by atoms with E-state index in [0.717, 1.165) is 49.5 Å². The van der Waals surface area contributed by atoms with Crippen LogP contribution in [0.1, 0.15) is 12.8 Å². The van der Waals surface area contributed by atoms with Crippen molar-refractivity contribution in [2.24, 2.45) is 5.92 Å². The third kappa shape index (κ3) is 4.00. The van der Waals surface area contributed by atoms with Gasteiger partial charge in [0, 0.05) is 52.2 Å². The fourth-order valence-corrected chi connectivity index (χ4v) is 4.36. The van der Waals surface area contributed by atoms with E-state index in [0.29, 0.717) is 6.04 Å². The molecule has 0 bridgehead atoms. The number of fused-ring (bicyclic) bond motifs is 1. The van der Waals surface area contributed by atoms with Crippen molar-refractivity contribution < 1.29 is 4.74 Å². The summed E-state index contributed by atoms with van der Waals surface area (Å²) in [4.78, 5) is 16.2. The maximum absolute atomic E-state index is 5.93. The number of benzene rings is 1. The van der Waals surface area contributed by atoms with E-state index in [2.05, 4.69) is 24.7 Å². The molecule has 2 aliphatic heterocycles. The molecule has 0 aliphatic carbocycles. The Balaban J connectivity index is 1.39. The minimum atomic E-state index is 0.579. The number of hydrogen-bond donors (Lipinski definition) is 0. The lowest BCUT2D eigenvalue weighted by atomic mass is 9.92. The number of nitrogens with zero attached hydrogens (tertiary/aromatic N) is 5. The van der Waals surface area contributed by atoms with Crippen LogP contribution in [-0.4, -0.2) is 67.8 Å². The second-order valence-corrected chi connectivity index (χ2v) is 7.65. The van der Waals surface area contributed by atoms with Gasteiger partial charge in [-0.05, 0) is 37.4 Å². The summed E-state index contributed by atoms with van der Waals surface area (Å²) in [6, 6.07) is 10.7. The van der Waals surface area contributed by atoms with Crippen molar-refractivity contribution in [2.45, 2.75) is 18.9 Å². The van der Waals surface area contributed by atoms with E-state index in [1.807, 2.05) is 44.4 Å². The van der Waals surface area contributed by atoms with Gasteiger partial charge in [-0.2, -0.15) is 0 Å². The second-order valence-electron chi connectivity index (χ2n) is 7.65. The fraction of sp³-hybridized carbons (Fsp3) is 0.524. The highest BCUT2D eigenvalue weighted by Gasteiger charge is 2.39. The van der Waals surface area contributed by atoms with E-state index < -0.39 is 0 Å². The summed E-state index contributed by atoms with van der Waals surface area (Å²) in [5.41, 5.74) is 0. The average molecular weight is 367 g/mol. The third-order valence-corrected chi connectivity index (χ3v) is 5.75. The Morgan fingerprint density at radius 1 is 1.07 bits per heavy atom.